The van der Waals surface area contributed by atoms with Crippen molar-refractivity contribution in [3.63, 3.8) is 0 Å². The van der Waals surface area contributed by atoms with Gasteiger partial charge in [0.15, 0.2) is 0 Å². The quantitative estimate of drug-likeness (QED) is 0.739. The molecule has 26 heavy (non-hydrogen) atoms. The number of anilines is 2. The van der Waals surface area contributed by atoms with Gasteiger partial charge in [-0.05, 0) is 40.6 Å². The fourth-order valence-electron chi connectivity index (χ4n) is 2.89. The highest BCUT2D eigenvalue weighted by Gasteiger charge is 2.08. The second-order valence-corrected chi connectivity index (χ2v) is 6.73. The smallest absolute Gasteiger partial charge is 0.239 e. The molecular weight excluding hydrogens is 322 g/mol. The molecular formula is C22H25N3O. The monoisotopic (exact) mass is 347 g/mol. The number of hydrogen-bond donors (Lipinski definition) is 1. The van der Waals surface area contributed by atoms with E-state index in [2.05, 4.69) is 52.7 Å². The molecule has 0 fully saturated rings. The summed E-state index contributed by atoms with van der Waals surface area (Å²) in [6.07, 6.45) is 0. The van der Waals surface area contributed by atoms with E-state index in [0.29, 0.717) is 13.1 Å². The van der Waals surface area contributed by atoms with Crippen LogP contribution >= 0.6 is 0 Å². The van der Waals surface area contributed by atoms with E-state index >= 15 is 0 Å². The highest BCUT2D eigenvalue weighted by molar-refractivity contribution is 5.87. The van der Waals surface area contributed by atoms with Gasteiger partial charge in [-0.3, -0.25) is 4.79 Å². The van der Waals surface area contributed by atoms with Crippen LogP contribution in [0.4, 0.5) is 11.4 Å². The van der Waals surface area contributed by atoms with Gasteiger partial charge in [0.05, 0.1) is 6.54 Å². The van der Waals surface area contributed by atoms with Crippen molar-refractivity contribution < 1.29 is 4.79 Å². The van der Waals surface area contributed by atoms with Gasteiger partial charge in [-0.1, -0.05) is 42.5 Å². The summed E-state index contributed by atoms with van der Waals surface area (Å²) < 4.78 is 0. The SMILES string of the molecule is CN(C)c1ccc(CNC(=O)CN(C)c2ccc3ccccc3c2)cc1. The van der Waals surface area contributed by atoms with Crippen LogP contribution < -0.4 is 15.1 Å². The lowest BCUT2D eigenvalue weighted by Crippen LogP contribution is -2.34. The van der Waals surface area contributed by atoms with E-state index in [0.717, 1.165) is 16.9 Å². The number of rotatable bonds is 6. The molecule has 0 unspecified atom stereocenters. The van der Waals surface area contributed by atoms with Crippen LogP contribution in [0, 0.1) is 0 Å². The number of fused-ring (bicyclic) bond motifs is 1. The standard InChI is InChI=1S/C22H25N3O/c1-24(2)20-11-8-17(9-12-20)15-23-22(26)16-25(3)21-13-10-18-6-4-5-7-19(18)14-21/h4-14H,15-16H2,1-3H3,(H,23,26). The Labute approximate surface area is 155 Å². The van der Waals surface area contributed by atoms with E-state index in [1.165, 1.54) is 10.8 Å². The molecule has 1 N–H and O–H groups in total. The van der Waals surface area contributed by atoms with Crippen molar-refractivity contribution in [1.82, 2.24) is 5.32 Å². The predicted octanol–water partition coefficient (Wildman–Crippen LogP) is 3.66. The summed E-state index contributed by atoms with van der Waals surface area (Å²) in [5.74, 6) is 0.0114. The zero-order chi connectivity index (χ0) is 18.5. The lowest BCUT2D eigenvalue weighted by Gasteiger charge is -2.19. The zero-order valence-electron chi connectivity index (χ0n) is 15.6. The van der Waals surface area contributed by atoms with Gasteiger partial charge in [-0.25, -0.2) is 0 Å². The summed E-state index contributed by atoms with van der Waals surface area (Å²) in [6.45, 7) is 0.867. The molecule has 0 aromatic heterocycles. The number of likely N-dealkylation sites (N-methyl/N-ethyl adjacent to an activating group) is 1. The average molecular weight is 347 g/mol. The van der Waals surface area contributed by atoms with Crippen LogP contribution in [0.3, 0.4) is 0 Å². The maximum Gasteiger partial charge on any atom is 0.239 e. The third-order valence-electron chi connectivity index (χ3n) is 4.50. The van der Waals surface area contributed by atoms with Gasteiger partial charge in [-0.2, -0.15) is 0 Å². The fourth-order valence-corrected chi connectivity index (χ4v) is 2.89. The number of amides is 1. The molecule has 0 aliphatic carbocycles. The molecule has 3 rings (SSSR count). The number of nitrogens with zero attached hydrogens (tertiary/aromatic N) is 2. The predicted molar refractivity (Wildman–Crippen MR) is 110 cm³/mol. The summed E-state index contributed by atoms with van der Waals surface area (Å²) in [7, 11) is 5.97. The average Bonchev–Trinajstić information content (AvgIpc) is 2.66. The number of nitrogens with one attached hydrogen (secondary N) is 1. The van der Waals surface area contributed by atoms with E-state index in [1.54, 1.807) is 0 Å². The van der Waals surface area contributed by atoms with Crippen LogP contribution in [0.2, 0.25) is 0 Å². The molecule has 0 heterocycles. The van der Waals surface area contributed by atoms with Crippen molar-refractivity contribution in [2.75, 3.05) is 37.5 Å². The van der Waals surface area contributed by atoms with E-state index in [4.69, 9.17) is 0 Å². The lowest BCUT2D eigenvalue weighted by atomic mass is 10.1. The molecule has 3 aromatic carbocycles. The van der Waals surface area contributed by atoms with E-state index in [9.17, 15) is 4.79 Å². The van der Waals surface area contributed by atoms with Crippen LogP contribution in [0.25, 0.3) is 10.8 Å². The molecule has 1 amide bonds. The molecule has 0 bridgehead atoms. The Kier molecular flexibility index (Phi) is 5.42. The molecule has 4 nitrogen and oxygen atoms in total. The number of benzene rings is 3. The summed E-state index contributed by atoms with van der Waals surface area (Å²) in [5, 5.41) is 5.37. The molecule has 0 saturated heterocycles. The maximum atomic E-state index is 12.3. The summed E-state index contributed by atoms with van der Waals surface area (Å²) in [6, 6.07) is 22.7. The van der Waals surface area contributed by atoms with Crippen molar-refractivity contribution in [3.8, 4) is 0 Å². The van der Waals surface area contributed by atoms with Gasteiger partial charge >= 0.3 is 0 Å². The summed E-state index contributed by atoms with van der Waals surface area (Å²) in [5.41, 5.74) is 3.28. The second-order valence-electron chi connectivity index (χ2n) is 6.73. The van der Waals surface area contributed by atoms with Crippen LogP contribution in [-0.2, 0) is 11.3 Å². The van der Waals surface area contributed by atoms with Crippen LogP contribution in [0.1, 0.15) is 5.56 Å². The molecule has 134 valence electrons. The van der Waals surface area contributed by atoms with Gasteiger partial charge in [0.25, 0.3) is 0 Å². The molecule has 0 atom stereocenters. The van der Waals surface area contributed by atoms with Gasteiger partial charge in [0, 0.05) is 39.1 Å². The molecule has 3 aromatic rings. The summed E-state index contributed by atoms with van der Waals surface area (Å²) >= 11 is 0. The lowest BCUT2D eigenvalue weighted by molar-refractivity contribution is -0.119. The molecule has 0 aliphatic rings. The normalized spacial score (nSPS) is 10.6. The van der Waals surface area contributed by atoms with Crippen molar-refractivity contribution in [2.24, 2.45) is 0 Å². The van der Waals surface area contributed by atoms with Gasteiger partial charge in [0.1, 0.15) is 0 Å². The van der Waals surface area contributed by atoms with Gasteiger partial charge in [0.2, 0.25) is 5.91 Å². The maximum absolute atomic E-state index is 12.3. The highest BCUT2D eigenvalue weighted by Crippen LogP contribution is 2.21. The molecule has 0 radical (unpaired) electrons. The first-order chi connectivity index (χ1) is 12.5. The fraction of sp³-hybridized carbons (Fsp3) is 0.227. The molecule has 0 aliphatic heterocycles. The van der Waals surface area contributed by atoms with Crippen LogP contribution in [0.5, 0.6) is 0 Å². The third-order valence-corrected chi connectivity index (χ3v) is 4.50. The Hall–Kier alpha value is -3.01. The zero-order valence-corrected chi connectivity index (χ0v) is 15.6. The minimum absolute atomic E-state index is 0.0114. The minimum Gasteiger partial charge on any atom is -0.378 e. The van der Waals surface area contributed by atoms with Gasteiger partial charge in [-0.15, -0.1) is 0 Å². The molecule has 0 saturated carbocycles. The van der Waals surface area contributed by atoms with Crippen molar-refractivity contribution in [2.45, 2.75) is 6.54 Å². The topological polar surface area (TPSA) is 35.6 Å². The Bertz CT molecular complexity index is 887. The number of carbonyl (C=O) groups is 1. The minimum atomic E-state index is 0.0114. The Morgan fingerprint density at radius 2 is 1.50 bits per heavy atom. The van der Waals surface area contributed by atoms with Crippen molar-refractivity contribution >= 4 is 28.1 Å². The number of hydrogen-bond acceptors (Lipinski definition) is 3. The first kappa shape index (κ1) is 17.8. The first-order valence-corrected chi connectivity index (χ1v) is 8.76. The second kappa shape index (κ2) is 7.91. The largest absolute Gasteiger partial charge is 0.378 e. The molecule has 0 spiro atoms. The molecule has 4 heteroatoms. The Morgan fingerprint density at radius 1 is 0.846 bits per heavy atom. The summed E-state index contributed by atoms with van der Waals surface area (Å²) in [4.78, 5) is 16.3. The first-order valence-electron chi connectivity index (χ1n) is 8.76. The highest BCUT2D eigenvalue weighted by atomic mass is 16.2. The third kappa shape index (κ3) is 4.33. The van der Waals surface area contributed by atoms with E-state index in [-0.39, 0.29) is 5.91 Å². The van der Waals surface area contributed by atoms with Crippen LogP contribution in [-0.4, -0.2) is 33.6 Å². The van der Waals surface area contributed by atoms with E-state index < -0.39 is 0 Å². The van der Waals surface area contributed by atoms with Crippen molar-refractivity contribution in [3.05, 3.63) is 72.3 Å². The Morgan fingerprint density at radius 3 is 2.19 bits per heavy atom. The van der Waals surface area contributed by atoms with Crippen molar-refractivity contribution in [1.29, 1.82) is 0 Å². The Balaban J connectivity index is 1.56. The van der Waals surface area contributed by atoms with Gasteiger partial charge < -0.3 is 15.1 Å². The van der Waals surface area contributed by atoms with Crippen LogP contribution in [0.15, 0.2) is 66.7 Å². The number of carbonyl (C=O) groups excluding carboxylic acids is 1. The van der Waals surface area contributed by atoms with E-state index in [1.807, 2.05) is 50.3 Å².